The summed E-state index contributed by atoms with van der Waals surface area (Å²) in [6.45, 7) is 2.64. The van der Waals surface area contributed by atoms with Gasteiger partial charge in [0.25, 0.3) is 0 Å². The van der Waals surface area contributed by atoms with Gasteiger partial charge in [-0.1, -0.05) is 19.8 Å². The van der Waals surface area contributed by atoms with Crippen molar-refractivity contribution in [1.29, 1.82) is 0 Å². The minimum Gasteiger partial charge on any atom is -0.481 e. The fourth-order valence-corrected chi connectivity index (χ4v) is 3.71. The van der Waals surface area contributed by atoms with E-state index in [1.165, 1.54) is 0 Å². The molecule has 5 nitrogen and oxygen atoms in total. The quantitative estimate of drug-likeness (QED) is 0.822. The first-order chi connectivity index (χ1) is 9.54. The molecule has 0 aromatic rings. The molecular weight excluding hydrogens is 258 g/mol. The standard InChI is InChI=1S/C15H25NO4/c1-10-7-12(13(8-10)15(19)20)14(18)16-6-4-2-3-5-11(16)9-17/h10-13,17H,2-9H2,1H3,(H,19,20)/t10?,11?,12-,13+/m0/s1. The van der Waals surface area contributed by atoms with E-state index in [0.717, 1.165) is 25.7 Å². The number of rotatable bonds is 3. The third-order valence-electron chi connectivity index (χ3n) is 4.80. The van der Waals surface area contributed by atoms with Gasteiger partial charge in [-0.3, -0.25) is 9.59 Å². The number of aliphatic hydroxyl groups is 1. The Morgan fingerprint density at radius 2 is 1.85 bits per heavy atom. The highest BCUT2D eigenvalue weighted by atomic mass is 16.4. The summed E-state index contributed by atoms with van der Waals surface area (Å²) < 4.78 is 0. The van der Waals surface area contributed by atoms with Gasteiger partial charge in [0.1, 0.15) is 0 Å². The molecule has 0 spiro atoms. The molecule has 2 unspecified atom stereocenters. The molecule has 4 atom stereocenters. The van der Waals surface area contributed by atoms with E-state index in [4.69, 9.17) is 0 Å². The van der Waals surface area contributed by atoms with Crippen LogP contribution in [-0.2, 0) is 9.59 Å². The Hall–Kier alpha value is -1.10. The van der Waals surface area contributed by atoms with Crippen molar-refractivity contribution in [2.24, 2.45) is 17.8 Å². The topological polar surface area (TPSA) is 77.8 Å². The number of hydrogen-bond donors (Lipinski definition) is 2. The molecule has 1 heterocycles. The van der Waals surface area contributed by atoms with E-state index in [0.29, 0.717) is 19.4 Å². The molecule has 0 aromatic carbocycles. The molecule has 1 aliphatic heterocycles. The van der Waals surface area contributed by atoms with Crippen LogP contribution < -0.4 is 0 Å². The summed E-state index contributed by atoms with van der Waals surface area (Å²) in [5, 5.41) is 18.8. The molecule has 20 heavy (non-hydrogen) atoms. The van der Waals surface area contributed by atoms with Gasteiger partial charge < -0.3 is 15.1 Å². The maximum absolute atomic E-state index is 12.7. The Morgan fingerprint density at radius 3 is 2.50 bits per heavy atom. The van der Waals surface area contributed by atoms with Crippen LogP contribution in [-0.4, -0.2) is 46.2 Å². The first kappa shape index (κ1) is 15.3. The van der Waals surface area contributed by atoms with Crippen LogP contribution in [0.4, 0.5) is 0 Å². The summed E-state index contributed by atoms with van der Waals surface area (Å²) in [5.74, 6) is -1.59. The number of likely N-dealkylation sites (tertiary alicyclic amines) is 1. The normalized spacial score (nSPS) is 34.8. The summed E-state index contributed by atoms with van der Waals surface area (Å²) in [6, 6.07) is -0.129. The van der Waals surface area contributed by atoms with Crippen molar-refractivity contribution in [1.82, 2.24) is 4.90 Å². The second-order valence-electron chi connectivity index (χ2n) is 6.35. The Labute approximate surface area is 120 Å². The lowest BCUT2D eigenvalue weighted by Crippen LogP contribution is -2.46. The average Bonchev–Trinajstić information content (AvgIpc) is 2.67. The number of hydrogen-bond acceptors (Lipinski definition) is 3. The zero-order chi connectivity index (χ0) is 14.7. The van der Waals surface area contributed by atoms with Crippen molar-refractivity contribution >= 4 is 11.9 Å². The van der Waals surface area contributed by atoms with Gasteiger partial charge in [-0.15, -0.1) is 0 Å². The summed E-state index contributed by atoms with van der Waals surface area (Å²) in [4.78, 5) is 25.8. The van der Waals surface area contributed by atoms with E-state index >= 15 is 0 Å². The summed E-state index contributed by atoms with van der Waals surface area (Å²) in [6.07, 6.45) is 5.11. The largest absolute Gasteiger partial charge is 0.481 e. The van der Waals surface area contributed by atoms with Crippen molar-refractivity contribution in [2.45, 2.75) is 51.5 Å². The third-order valence-corrected chi connectivity index (χ3v) is 4.80. The van der Waals surface area contributed by atoms with Gasteiger partial charge in [0.2, 0.25) is 5.91 Å². The predicted molar refractivity (Wildman–Crippen MR) is 74.1 cm³/mol. The summed E-state index contributed by atoms with van der Waals surface area (Å²) >= 11 is 0. The van der Waals surface area contributed by atoms with Crippen LogP contribution in [0.15, 0.2) is 0 Å². The fourth-order valence-electron chi connectivity index (χ4n) is 3.71. The van der Waals surface area contributed by atoms with Crippen LogP contribution in [0.3, 0.4) is 0 Å². The van der Waals surface area contributed by atoms with Crippen molar-refractivity contribution in [3.8, 4) is 0 Å². The Kier molecular flexibility index (Phi) is 5.02. The Morgan fingerprint density at radius 1 is 1.15 bits per heavy atom. The average molecular weight is 283 g/mol. The van der Waals surface area contributed by atoms with Crippen molar-refractivity contribution in [3.05, 3.63) is 0 Å². The molecule has 1 amide bonds. The lowest BCUT2D eigenvalue weighted by molar-refractivity contribution is -0.150. The number of aliphatic carboxylic acids is 1. The van der Waals surface area contributed by atoms with Gasteiger partial charge in [0, 0.05) is 6.54 Å². The molecule has 0 radical (unpaired) electrons. The zero-order valence-corrected chi connectivity index (χ0v) is 12.1. The van der Waals surface area contributed by atoms with Crippen LogP contribution in [0.2, 0.25) is 0 Å². The monoisotopic (exact) mass is 283 g/mol. The smallest absolute Gasteiger partial charge is 0.307 e. The highest BCUT2D eigenvalue weighted by Crippen LogP contribution is 2.38. The fraction of sp³-hybridized carbons (Fsp3) is 0.867. The molecule has 2 N–H and O–H groups in total. The molecule has 1 saturated carbocycles. The molecule has 114 valence electrons. The molecule has 2 aliphatic rings. The number of carbonyl (C=O) groups excluding carboxylic acids is 1. The van der Waals surface area contributed by atoms with E-state index in [9.17, 15) is 19.8 Å². The summed E-state index contributed by atoms with van der Waals surface area (Å²) in [7, 11) is 0. The minimum absolute atomic E-state index is 0.0221. The highest BCUT2D eigenvalue weighted by molar-refractivity contribution is 5.85. The Bertz CT molecular complexity index is 371. The number of carbonyl (C=O) groups is 2. The van der Waals surface area contributed by atoms with E-state index in [2.05, 4.69) is 0 Å². The van der Waals surface area contributed by atoms with Crippen LogP contribution in [0.25, 0.3) is 0 Å². The first-order valence-electron chi connectivity index (χ1n) is 7.68. The lowest BCUT2D eigenvalue weighted by atomic mass is 9.94. The van der Waals surface area contributed by atoms with E-state index in [-0.39, 0.29) is 24.5 Å². The van der Waals surface area contributed by atoms with Crippen molar-refractivity contribution in [3.63, 3.8) is 0 Å². The van der Waals surface area contributed by atoms with Gasteiger partial charge in [0.05, 0.1) is 24.5 Å². The molecule has 5 heteroatoms. The van der Waals surface area contributed by atoms with Crippen molar-refractivity contribution < 1.29 is 19.8 Å². The lowest BCUT2D eigenvalue weighted by Gasteiger charge is -2.32. The van der Waals surface area contributed by atoms with Crippen LogP contribution in [0, 0.1) is 17.8 Å². The second-order valence-corrected chi connectivity index (χ2v) is 6.35. The second kappa shape index (κ2) is 6.57. The molecule has 1 aliphatic carbocycles. The molecule has 2 fully saturated rings. The van der Waals surface area contributed by atoms with E-state index < -0.39 is 17.8 Å². The van der Waals surface area contributed by atoms with E-state index in [1.54, 1.807) is 4.90 Å². The molecule has 0 bridgehead atoms. The highest BCUT2D eigenvalue weighted by Gasteiger charge is 2.43. The van der Waals surface area contributed by atoms with Crippen LogP contribution >= 0.6 is 0 Å². The maximum Gasteiger partial charge on any atom is 0.307 e. The molecular formula is C15H25NO4. The zero-order valence-electron chi connectivity index (χ0n) is 12.1. The molecule has 0 aromatic heterocycles. The number of aliphatic hydroxyl groups excluding tert-OH is 1. The number of nitrogens with zero attached hydrogens (tertiary/aromatic N) is 1. The van der Waals surface area contributed by atoms with Crippen LogP contribution in [0.5, 0.6) is 0 Å². The minimum atomic E-state index is -0.858. The number of amides is 1. The van der Waals surface area contributed by atoms with Gasteiger partial charge in [-0.05, 0) is 31.6 Å². The third kappa shape index (κ3) is 3.14. The maximum atomic E-state index is 12.7. The van der Waals surface area contributed by atoms with Crippen LogP contribution in [0.1, 0.15) is 45.4 Å². The van der Waals surface area contributed by atoms with Gasteiger partial charge >= 0.3 is 5.97 Å². The van der Waals surface area contributed by atoms with E-state index in [1.807, 2.05) is 6.92 Å². The van der Waals surface area contributed by atoms with Crippen molar-refractivity contribution in [2.75, 3.05) is 13.2 Å². The predicted octanol–water partition coefficient (Wildman–Crippen LogP) is 1.50. The summed E-state index contributed by atoms with van der Waals surface area (Å²) in [5.41, 5.74) is 0. The van der Waals surface area contributed by atoms with Gasteiger partial charge in [0.15, 0.2) is 0 Å². The van der Waals surface area contributed by atoms with Gasteiger partial charge in [-0.25, -0.2) is 0 Å². The van der Waals surface area contributed by atoms with Gasteiger partial charge in [-0.2, -0.15) is 0 Å². The number of carboxylic acid groups (broad SMARTS) is 1. The SMILES string of the molecule is CC1C[C@H](C(=O)N2CCCCCC2CO)[C@H](C(=O)O)C1. The molecule has 2 rings (SSSR count). The molecule has 1 saturated heterocycles. The number of carboxylic acids is 1. The first-order valence-corrected chi connectivity index (χ1v) is 7.68. The Balaban J connectivity index is 2.13.